The molecule has 0 amide bonds. The molecule has 1 aliphatic rings. The van der Waals surface area contributed by atoms with Crippen LogP contribution in [0.2, 0.25) is 0 Å². The average molecular weight is 331 g/mol. The number of nitrogens with zero attached hydrogens (tertiary/aromatic N) is 2. The van der Waals surface area contributed by atoms with E-state index in [0.717, 1.165) is 18.7 Å². The van der Waals surface area contributed by atoms with Gasteiger partial charge in [-0.25, -0.2) is 13.8 Å². The van der Waals surface area contributed by atoms with Crippen molar-refractivity contribution in [1.29, 1.82) is 0 Å². The molecule has 0 spiro atoms. The van der Waals surface area contributed by atoms with Gasteiger partial charge in [-0.3, -0.25) is 4.90 Å². The normalized spacial score (nSPS) is 14.5. The molecule has 0 radical (unpaired) electrons. The predicted octanol–water partition coefficient (Wildman–Crippen LogP) is 4.82. The molecule has 3 rings (SSSR count). The van der Waals surface area contributed by atoms with Gasteiger partial charge in [0.1, 0.15) is 5.82 Å². The second kappa shape index (κ2) is 6.85. The first kappa shape index (κ1) is 16.8. The van der Waals surface area contributed by atoms with Crippen LogP contribution in [0.4, 0.5) is 20.3 Å². The SMILES string of the molecule is CC(C)c1cc(Nc2ccc(F)c(F)c2)ncc1CN(C)C1CC1. The van der Waals surface area contributed by atoms with Gasteiger partial charge in [-0.15, -0.1) is 0 Å². The van der Waals surface area contributed by atoms with Crippen LogP contribution < -0.4 is 5.32 Å². The molecule has 1 fully saturated rings. The number of hydrogen-bond donors (Lipinski definition) is 1. The Balaban J connectivity index is 1.81. The van der Waals surface area contributed by atoms with E-state index in [1.54, 1.807) is 0 Å². The van der Waals surface area contributed by atoms with Crippen LogP contribution >= 0.6 is 0 Å². The Morgan fingerprint density at radius 1 is 1.21 bits per heavy atom. The largest absolute Gasteiger partial charge is 0.340 e. The molecular weight excluding hydrogens is 308 g/mol. The zero-order valence-electron chi connectivity index (χ0n) is 14.3. The molecular formula is C19H23F2N3. The zero-order valence-corrected chi connectivity index (χ0v) is 14.3. The van der Waals surface area contributed by atoms with Crippen molar-refractivity contribution in [3.63, 3.8) is 0 Å². The maximum Gasteiger partial charge on any atom is 0.160 e. The third-order valence-corrected chi connectivity index (χ3v) is 4.43. The van der Waals surface area contributed by atoms with Crippen molar-refractivity contribution in [3.8, 4) is 0 Å². The molecule has 1 heterocycles. The monoisotopic (exact) mass is 331 g/mol. The van der Waals surface area contributed by atoms with Gasteiger partial charge in [0.2, 0.25) is 0 Å². The first-order valence-corrected chi connectivity index (χ1v) is 8.35. The maximum atomic E-state index is 13.3. The van der Waals surface area contributed by atoms with Crippen LogP contribution in [0.1, 0.15) is 43.7 Å². The van der Waals surface area contributed by atoms with E-state index < -0.39 is 11.6 Å². The zero-order chi connectivity index (χ0) is 17.3. The van der Waals surface area contributed by atoms with E-state index in [2.05, 4.69) is 36.1 Å². The highest BCUT2D eigenvalue weighted by atomic mass is 19.2. The summed E-state index contributed by atoms with van der Waals surface area (Å²) in [6, 6.07) is 6.46. The van der Waals surface area contributed by atoms with Crippen LogP contribution in [0.15, 0.2) is 30.5 Å². The molecule has 2 aromatic rings. The Kier molecular flexibility index (Phi) is 4.81. The Bertz CT molecular complexity index is 727. The fourth-order valence-electron chi connectivity index (χ4n) is 2.87. The second-order valence-electron chi connectivity index (χ2n) is 6.82. The number of pyridine rings is 1. The van der Waals surface area contributed by atoms with Gasteiger partial charge in [-0.05, 0) is 55.1 Å². The third-order valence-electron chi connectivity index (χ3n) is 4.43. The van der Waals surface area contributed by atoms with Gasteiger partial charge in [0.05, 0.1) is 0 Å². The van der Waals surface area contributed by atoms with Crippen molar-refractivity contribution in [2.45, 2.75) is 45.2 Å². The minimum atomic E-state index is -0.869. The molecule has 0 unspecified atom stereocenters. The summed E-state index contributed by atoms with van der Waals surface area (Å²) in [7, 11) is 2.15. The summed E-state index contributed by atoms with van der Waals surface area (Å²) in [5, 5.41) is 3.05. The summed E-state index contributed by atoms with van der Waals surface area (Å²) in [6.45, 7) is 5.19. The average Bonchev–Trinajstić information content (AvgIpc) is 3.37. The molecule has 24 heavy (non-hydrogen) atoms. The summed E-state index contributed by atoms with van der Waals surface area (Å²) in [5.41, 5.74) is 2.93. The Hall–Kier alpha value is -2.01. The fraction of sp³-hybridized carbons (Fsp3) is 0.421. The quantitative estimate of drug-likeness (QED) is 0.822. The van der Waals surface area contributed by atoms with Gasteiger partial charge in [-0.1, -0.05) is 13.8 Å². The molecule has 1 N–H and O–H groups in total. The number of aromatic nitrogens is 1. The first-order chi connectivity index (χ1) is 11.4. The third kappa shape index (κ3) is 3.90. The number of anilines is 2. The number of nitrogens with one attached hydrogen (secondary N) is 1. The van der Waals surface area contributed by atoms with E-state index in [4.69, 9.17) is 0 Å². The van der Waals surface area contributed by atoms with E-state index in [-0.39, 0.29) is 0 Å². The molecule has 1 aromatic heterocycles. The van der Waals surface area contributed by atoms with Gasteiger partial charge in [0, 0.05) is 30.5 Å². The summed E-state index contributed by atoms with van der Waals surface area (Å²) >= 11 is 0. The van der Waals surface area contributed by atoms with Crippen LogP contribution in [-0.4, -0.2) is 23.0 Å². The van der Waals surface area contributed by atoms with Crippen LogP contribution in [-0.2, 0) is 6.54 Å². The highest BCUT2D eigenvalue weighted by Crippen LogP contribution is 2.30. The molecule has 3 nitrogen and oxygen atoms in total. The molecule has 0 atom stereocenters. The Morgan fingerprint density at radius 3 is 2.58 bits per heavy atom. The predicted molar refractivity (Wildman–Crippen MR) is 92.5 cm³/mol. The van der Waals surface area contributed by atoms with Crippen molar-refractivity contribution in [2.24, 2.45) is 0 Å². The lowest BCUT2D eigenvalue weighted by Crippen LogP contribution is -2.21. The van der Waals surface area contributed by atoms with E-state index in [9.17, 15) is 8.78 Å². The number of halogens is 2. The van der Waals surface area contributed by atoms with Gasteiger partial charge in [0.25, 0.3) is 0 Å². The molecule has 1 saturated carbocycles. The summed E-state index contributed by atoms with van der Waals surface area (Å²) in [4.78, 5) is 6.81. The van der Waals surface area contributed by atoms with E-state index >= 15 is 0 Å². The molecule has 1 aliphatic carbocycles. The van der Waals surface area contributed by atoms with E-state index in [1.165, 1.54) is 30.0 Å². The number of rotatable bonds is 6. The van der Waals surface area contributed by atoms with Gasteiger partial charge >= 0.3 is 0 Å². The van der Waals surface area contributed by atoms with Crippen molar-refractivity contribution in [2.75, 3.05) is 12.4 Å². The lowest BCUT2D eigenvalue weighted by Gasteiger charge is -2.20. The maximum absolute atomic E-state index is 13.3. The van der Waals surface area contributed by atoms with Crippen molar-refractivity contribution < 1.29 is 8.78 Å². The lowest BCUT2D eigenvalue weighted by atomic mass is 9.98. The van der Waals surface area contributed by atoms with Gasteiger partial charge in [0.15, 0.2) is 11.6 Å². The lowest BCUT2D eigenvalue weighted by molar-refractivity contribution is 0.314. The smallest absolute Gasteiger partial charge is 0.160 e. The van der Waals surface area contributed by atoms with Crippen LogP contribution in [0.5, 0.6) is 0 Å². The molecule has 1 aromatic carbocycles. The van der Waals surface area contributed by atoms with Crippen LogP contribution in [0, 0.1) is 11.6 Å². The molecule has 0 aliphatic heterocycles. The number of benzene rings is 1. The van der Waals surface area contributed by atoms with E-state index in [0.29, 0.717) is 23.5 Å². The minimum Gasteiger partial charge on any atom is -0.340 e. The molecule has 128 valence electrons. The Morgan fingerprint density at radius 2 is 1.96 bits per heavy atom. The second-order valence-corrected chi connectivity index (χ2v) is 6.82. The summed E-state index contributed by atoms with van der Waals surface area (Å²) < 4.78 is 26.4. The molecule has 0 saturated heterocycles. The van der Waals surface area contributed by atoms with Gasteiger partial charge < -0.3 is 5.32 Å². The topological polar surface area (TPSA) is 28.2 Å². The highest BCUT2D eigenvalue weighted by Gasteiger charge is 2.26. The molecule has 5 heteroatoms. The van der Waals surface area contributed by atoms with Crippen molar-refractivity contribution in [3.05, 3.63) is 53.2 Å². The van der Waals surface area contributed by atoms with Crippen molar-refractivity contribution in [1.82, 2.24) is 9.88 Å². The van der Waals surface area contributed by atoms with E-state index in [1.807, 2.05) is 12.3 Å². The fourth-order valence-corrected chi connectivity index (χ4v) is 2.87. The van der Waals surface area contributed by atoms with Gasteiger partial charge in [-0.2, -0.15) is 0 Å². The Labute approximate surface area is 141 Å². The minimum absolute atomic E-state index is 0.362. The first-order valence-electron chi connectivity index (χ1n) is 8.35. The van der Waals surface area contributed by atoms with Crippen molar-refractivity contribution >= 4 is 11.5 Å². The molecule has 0 bridgehead atoms. The van der Waals surface area contributed by atoms with Crippen LogP contribution in [0.25, 0.3) is 0 Å². The summed E-state index contributed by atoms with van der Waals surface area (Å²) in [5.74, 6) is -0.717. The highest BCUT2D eigenvalue weighted by molar-refractivity contribution is 5.57. The standard InChI is InChI=1S/C19H23F2N3/c1-12(2)16-9-19(23-14-4-7-17(20)18(21)8-14)22-10-13(16)11-24(3)15-5-6-15/h4,7-10,12,15H,5-6,11H2,1-3H3,(H,22,23). The van der Waals surface area contributed by atoms with Crippen LogP contribution in [0.3, 0.4) is 0 Å². The number of hydrogen-bond acceptors (Lipinski definition) is 3. The summed E-state index contributed by atoms with van der Waals surface area (Å²) in [6.07, 6.45) is 4.43.